The maximum absolute atomic E-state index is 15.2. The fraction of sp³-hybridized carbons (Fsp3) is 0.500. The van der Waals surface area contributed by atoms with E-state index in [1.165, 1.54) is 0 Å². The minimum absolute atomic E-state index is 0.0429. The molecule has 32 heavy (non-hydrogen) atoms. The van der Waals surface area contributed by atoms with Crippen molar-refractivity contribution in [3.8, 4) is 11.1 Å². The maximum atomic E-state index is 15.2. The quantitative estimate of drug-likeness (QED) is 0.392. The number of alkyl halides is 2. The van der Waals surface area contributed by atoms with Gasteiger partial charge in [-0.05, 0) is 18.1 Å². The lowest BCUT2D eigenvalue weighted by Crippen LogP contribution is -2.48. The van der Waals surface area contributed by atoms with E-state index in [4.69, 9.17) is 4.43 Å². The average Bonchev–Trinajstić information content (AvgIpc) is 2.68. The van der Waals surface area contributed by atoms with E-state index in [1.54, 1.807) is 30.6 Å². The molecule has 0 bridgehead atoms. The van der Waals surface area contributed by atoms with Crippen molar-refractivity contribution in [3.63, 3.8) is 0 Å². The second-order valence-electron chi connectivity index (χ2n) is 9.30. The van der Waals surface area contributed by atoms with Crippen LogP contribution in [0.4, 0.5) is 19.1 Å². The summed E-state index contributed by atoms with van der Waals surface area (Å²) < 4.78 is 45.5. The Labute approximate surface area is 187 Å². The van der Waals surface area contributed by atoms with Crippen LogP contribution in [0.25, 0.3) is 11.1 Å². The van der Waals surface area contributed by atoms with E-state index >= 15 is 4.39 Å². The van der Waals surface area contributed by atoms with Crippen LogP contribution < -0.4 is 4.90 Å². The number of benzene rings is 1. The molecule has 0 spiro atoms. The number of hydrogen-bond donors (Lipinski definition) is 0. The van der Waals surface area contributed by atoms with Crippen molar-refractivity contribution in [1.82, 2.24) is 9.97 Å². The second-order valence-corrected chi connectivity index (χ2v) is 14.1. The highest BCUT2D eigenvalue weighted by molar-refractivity contribution is 6.74. The Balaban J connectivity index is 1.65. The van der Waals surface area contributed by atoms with Crippen molar-refractivity contribution >= 4 is 20.0 Å². The highest BCUT2D eigenvalue weighted by Crippen LogP contribution is 2.37. The Bertz CT molecular complexity index is 955. The number of aromatic nitrogens is 2. The molecule has 174 valence electrons. The van der Waals surface area contributed by atoms with Gasteiger partial charge in [-0.1, -0.05) is 44.1 Å². The molecule has 1 saturated heterocycles. The van der Waals surface area contributed by atoms with E-state index < -0.39 is 21.3 Å². The van der Waals surface area contributed by atoms with E-state index in [0.29, 0.717) is 41.4 Å². The number of halogens is 3. The molecular formula is C22H29F3N4O2Si. The van der Waals surface area contributed by atoms with Crippen LogP contribution in [0.15, 0.2) is 35.7 Å². The monoisotopic (exact) mass is 466 g/mol. The van der Waals surface area contributed by atoms with Crippen LogP contribution in [0, 0.1) is 5.82 Å². The lowest BCUT2D eigenvalue weighted by atomic mass is 10.1. The summed E-state index contributed by atoms with van der Waals surface area (Å²) in [6, 6.07) is 5.23. The van der Waals surface area contributed by atoms with Gasteiger partial charge in [-0.3, -0.25) is 0 Å². The Morgan fingerprint density at radius 2 is 1.81 bits per heavy atom. The zero-order valence-electron chi connectivity index (χ0n) is 19.0. The molecule has 0 unspecified atom stereocenters. The predicted molar refractivity (Wildman–Crippen MR) is 121 cm³/mol. The van der Waals surface area contributed by atoms with E-state index in [9.17, 15) is 8.78 Å². The summed E-state index contributed by atoms with van der Waals surface area (Å²) in [6.45, 7) is 11.0. The summed E-state index contributed by atoms with van der Waals surface area (Å²) in [5.41, 5.74) is 2.12. The van der Waals surface area contributed by atoms with Gasteiger partial charge in [-0.15, -0.1) is 0 Å². The SMILES string of the molecule is CC(C)(C)[Si](C)(C)OCc1cccc(-c2cnc(N3CC(=NOCC(F)F)C3)nc2)c1F. The molecule has 1 aromatic heterocycles. The first-order valence-electron chi connectivity index (χ1n) is 10.4. The average molecular weight is 467 g/mol. The fourth-order valence-corrected chi connectivity index (χ4v) is 3.74. The molecule has 6 nitrogen and oxygen atoms in total. The Kier molecular flexibility index (Phi) is 7.24. The standard InChI is InChI=1S/C22H29F3N4O2Si/c1-22(2,3)32(4,5)31-13-15-7-6-8-18(20(15)25)16-9-26-21(27-10-16)29-11-17(12-29)28-30-14-19(23)24/h6-10,19H,11-14H2,1-5H3. The van der Waals surface area contributed by atoms with Gasteiger partial charge in [0.2, 0.25) is 5.95 Å². The molecule has 0 amide bonds. The van der Waals surface area contributed by atoms with E-state index in [2.05, 4.69) is 53.8 Å². The Morgan fingerprint density at radius 1 is 1.16 bits per heavy atom. The molecule has 0 atom stereocenters. The first-order valence-corrected chi connectivity index (χ1v) is 13.3. The van der Waals surface area contributed by atoms with Crippen LogP contribution in [-0.2, 0) is 15.9 Å². The van der Waals surface area contributed by atoms with Gasteiger partial charge in [-0.2, -0.15) is 0 Å². The van der Waals surface area contributed by atoms with Crippen LogP contribution in [0.2, 0.25) is 18.1 Å². The first kappa shape index (κ1) is 24.2. The van der Waals surface area contributed by atoms with Gasteiger partial charge in [-0.25, -0.2) is 23.1 Å². The number of hydrogen-bond acceptors (Lipinski definition) is 6. The van der Waals surface area contributed by atoms with Gasteiger partial charge in [0.15, 0.2) is 14.9 Å². The largest absolute Gasteiger partial charge is 0.412 e. The van der Waals surface area contributed by atoms with Crippen molar-refractivity contribution in [2.75, 3.05) is 24.6 Å². The second kappa shape index (κ2) is 9.58. The lowest BCUT2D eigenvalue weighted by molar-refractivity contribution is 0.0197. The van der Waals surface area contributed by atoms with Gasteiger partial charge < -0.3 is 14.2 Å². The molecule has 0 N–H and O–H groups in total. The molecular weight excluding hydrogens is 437 g/mol. The van der Waals surface area contributed by atoms with Gasteiger partial charge in [0.05, 0.1) is 25.4 Å². The van der Waals surface area contributed by atoms with Crippen molar-refractivity contribution in [2.45, 2.75) is 51.9 Å². The first-order chi connectivity index (χ1) is 15.0. The smallest absolute Gasteiger partial charge is 0.274 e. The number of nitrogens with zero attached hydrogens (tertiary/aromatic N) is 4. The third kappa shape index (κ3) is 5.66. The molecule has 0 aliphatic carbocycles. The molecule has 2 aromatic rings. The maximum Gasteiger partial charge on any atom is 0.274 e. The molecule has 0 radical (unpaired) electrons. The van der Waals surface area contributed by atoms with Crippen LogP contribution in [0.3, 0.4) is 0 Å². The van der Waals surface area contributed by atoms with Crippen LogP contribution in [-0.4, -0.2) is 50.1 Å². The Hall–Kier alpha value is -2.46. The zero-order chi connectivity index (χ0) is 23.5. The molecule has 10 heteroatoms. The van der Waals surface area contributed by atoms with Crippen LogP contribution >= 0.6 is 0 Å². The van der Waals surface area contributed by atoms with Crippen LogP contribution in [0.1, 0.15) is 26.3 Å². The topological polar surface area (TPSA) is 59.8 Å². The van der Waals surface area contributed by atoms with Gasteiger partial charge in [0, 0.05) is 29.1 Å². The van der Waals surface area contributed by atoms with Gasteiger partial charge in [0.1, 0.15) is 5.82 Å². The Morgan fingerprint density at radius 3 is 2.41 bits per heavy atom. The summed E-state index contributed by atoms with van der Waals surface area (Å²) in [6.07, 6.45) is 0.590. The molecule has 3 rings (SSSR count). The third-order valence-corrected chi connectivity index (χ3v) is 10.3. The minimum atomic E-state index is -2.55. The van der Waals surface area contributed by atoms with Crippen molar-refractivity contribution in [2.24, 2.45) is 5.16 Å². The van der Waals surface area contributed by atoms with Gasteiger partial charge in [0.25, 0.3) is 6.43 Å². The zero-order valence-corrected chi connectivity index (χ0v) is 20.0. The lowest BCUT2D eigenvalue weighted by Gasteiger charge is -2.36. The number of oxime groups is 1. The third-order valence-electron chi connectivity index (χ3n) is 5.85. The molecule has 0 saturated carbocycles. The molecule has 1 fully saturated rings. The molecule has 2 heterocycles. The fourth-order valence-electron chi connectivity index (χ4n) is 2.79. The number of anilines is 1. The minimum Gasteiger partial charge on any atom is -0.412 e. The summed E-state index contributed by atoms with van der Waals surface area (Å²) in [5.74, 6) is 0.122. The summed E-state index contributed by atoms with van der Waals surface area (Å²) in [7, 11) is -2.00. The van der Waals surface area contributed by atoms with E-state index in [-0.39, 0.29) is 17.5 Å². The van der Waals surface area contributed by atoms with Crippen molar-refractivity contribution < 1.29 is 22.4 Å². The van der Waals surface area contributed by atoms with Gasteiger partial charge >= 0.3 is 0 Å². The highest BCUT2D eigenvalue weighted by Gasteiger charge is 2.37. The highest BCUT2D eigenvalue weighted by atomic mass is 28.4. The summed E-state index contributed by atoms with van der Waals surface area (Å²) in [4.78, 5) is 15.0. The normalized spacial score (nSPS) is 14.5. The van der Waals surface area contributed by atoms with E-state index in [1.807, 2.05) is 4.90 Å². The molecule has 1 aliphatic heterocycles. The summed E-state index contributed by atoms with van der Waals surface area (Å²) >= 11 is 0. The van der Waals surface area contributed by atoms with Crippen molar-refractivity contribution in [1.29, 1.82) is 0 Å². The molecule has 1 aliphatic rings. The van der Waals surface area contributed by atoms with Crippen molar-refractivity contribution in [3.05, 3.63) is 42.0 Å². The summed E-state index contributed by atoms with van der Waals surface area (Å²) in [5, 5.41) is 3.71. The molecule has 1 aromatic carbocycles. The predicted octanol–water partition coefficient (Wildman–Crippen LogP) is 5.26. The number of rotatable bonds is 8. The van der Waals surface area contributed by atoms with E-state index in [0.717, 1.165) is 0 Å². The van der Waals surface area contributed by atoms with Crippen LogP contribution in [0.5, 0.6) is 0 Å².